The van der Waals surface area contributed by atoms with Gasteiger partial charge in [0.05, 0.1) is 6.61 Å². The molecule has 2 rings (SSSR count). The fraction of sp³-hybridized carbons (Fsp3) is 0.533. The monoisotopic (exact) mass is 247 g/mol. The van der Waals surface area contributed by atoms with Gasteiger partial charge in [-0.15, -0.1) is 0 Å². The van der Waals surface area contributed by atoms with Crippen LogP contribution < -0.4 is 5.32 Å². The maximum atomic E-state index is 12.2. The van der Waals surface area contributed by atoms with Crippen LogP contribution in [0.4, 0.5) is 5.69 Å². The van der Waals surface area contributed by atoms with Gasteiger partial charge < -0.3 is 10.1 Å². The summed E-state index contributed by atoms with van der Waals surface area (Å²) in [6.07, 6.45) is 5.09. The molecule has 0 aliphatic heterocycles. The van der Waals surface area contributed by atoms with Gasteiger partial charge in [-0.25, -0.2) is 4.79 Å². The Bertz CT molecular complexity index is 383. The van der Waals surface area contributed by atoms with Crippen molar-refractivity contribution in [1.82, 2.24) is 0 Å². The van der Waals surface area contributed by atoms with E-state index in [2.05, 4.69) is 5.32 Å². The topological polar surface area (TPSA) is 38.3 Å². The summed E-state index contributed by atoms with van der Waals surface area (Å²) in [7, 11) is 0. The van der Waals surface area contributed by atoms with Crippen molar-refractivity contribution in [1.29, 1.82) is 0 Å². The zero-order valence-corrected chi connectivity index (χ0v) is 10.9. The summed E-state index contributed by atoms with van der Waals surface area (Å²) in [5, 5.41) is 3.40. The molecule has 98 valence electrons. The number of carbonyl (C=O) groups excluding carboxylic acids is 1. The molecule has 0 spiro atoms. The summed E-state index contributed by atoms with van der Waals surface area (Å²) < 4.78 is 5.26. The minimum absolute atomic E-state index is 0.103. The van der Waals surface area contributed by atoms with Crippen LogP contribution in [0.1, 0.15) is 39.0 Å². The second-order valence-corrected chi connectivity index (χ2v) is 4.85. The minimum Gasteiger partial charge on any atom is -0.464 e. The highest BCUT2D eigenvalue weighted by atomic mass is 16.5. The molecule has 1 saturated carbocycles. The molecule has 0 atom stereocenters. The number of benzene rings is 1. The molecule has 3 heteroatoms. The number of anilines is 1. The van der Waals surface area contributed by atoms with Crippen LogP contribution in [0, 0.1) is 0 Å². The Morgan fingerprint density at radius 2 is 1.89 bits per heavy atom. The van der Waals surface area contributed by atoms with Crippen LogP contribution in [-0.2, 0) is 9.53 Å². The lowest BCUT2D eigenvalue weighted by molar-refractivity contribution is -0.149. The van der Waals surface area contributed by atoms with Crippen LogP contribution in [0.25, 0.3) is 0 Å². The molecule has 1 fully saturated rings. The molecular formula is C15H21NO2. The number of carbonyl (C=O) groups is 1. The Morgan fingerprint density at radius 1 is 1.22 bits per heavy atom. The van der Waals surface area contributed by atoms with Crippen molar-refractivity contribution < 1.29 is 9.53 Å². The zero-order valence-electron chi connectivity index (χ0n) is 10.9. The molecule has 0 unspecified atom stereocenters. The second kappa shape index (κ2) is 5.89. The van der Waals surface area contributed by atoms with E-state index in [4.69, 9.17) is 4.74 Å². The molecule has 3 nitrogen and oxygen atoms in total. The van der Waals surface area contributed by atoms with Crippen molar-refractivity contribution in [3.8, 4) is 0 Å². The summed E-state index contributed by atoms with van der Waals surface area (Å²) >= 11 is 0. The molecule has 0 heterocycles. The largest absolute Gasteiger partial charge is 0.464 e. The van der Waals surface area contributed by atoms with Gasteiger partial charge in [-0.3, -0.25) is 0 Å². The summed E-state index contributed by atoms with van der Waals surface area (Å²) in [6.45, 7) is 2.30. The minimum atomic E-state index is -0.518. The Balaban J connectivity index is 2.16. The van der Waals surface area contributed by atoms with Gasteiger partial charge >= 0.3 is 5.97 Å². The SMILES string of the molecule is CCOC(=O)C1(Nc2ccccc2)CCCCC1. The number of ether oxygens (including phenoxy) is 1. The van der Waals surface area contributed by atoms with E-state index >= 15 is 0 Å². The van der Waals surface area contributed by atoms with Crippen LogP contribution in [0.3, 0.4) is 0 Å². The van der Waals surface area contributed by atoms with E-state index in [0.717, 1.165) is 31.4 Å². The van der Waals surface area contributed by atoms with Gasteiger partial charge in [0.25, 0.3) is 0 Å². The predicted molar refractivity (Wildman–Crippen MR) is 72.5 cm³/mol. The van der Waals surface area contributed by atoms with Crippen LogP contribution in [-0.4, -0.2) is 18.1 Å². The van der Waals surface area contributed by atoms with Gasteiger partial charge in [0, 0.05) is 5.69 Å². The molecule has 1 aliphatic rings. The molecule has 1 aromatic rings. The average molecular weight is 247 g/mol. The van der Waals surface area contributed by atoms with E-state index in [1.807, 2.05) is 37.3 Å². The predicted octanol–water partition coefficient (Wildman–Crippen LogP) is 3.36. The molecule has 0 aromatic heterocycles. The second-order valence-electron chi connectivity index (χ2n) is 4.85. The molecular weight excluding hydrogens is 226 g/mol. The van der Waals surface area contributed by atoms with Crippen molar-refractivity contribution in [3.05, 3.63) is 30.3 Å². The molecule has 0 bridgehead atoms. The van der Waals surface area contributed by atoms with E-state index in [1.54, 1.807) is 0 Å². The van der Waals surface area contributed by atoms with Gasteiger partial charge in [-0.05, 0) is 31.9 Å². The quantitative estimate of drug-likeness (QED) is 0.829. The van der Waals surface area contributed by atoms with Crippen LogP contribution in [0.2, 0.25) is 0 Å². The first kappa shape index (κ1) is 12.9. The van der Waals surface area contributed by atoms with Crippen LogP contribution >= 0.6 is 0 Å². The third-order valence-corrected chi connectivity index (χ3v) is 3.53. The number of nitrogens with one attached hydrogen (secondary N) is 1. The lowest BCUT2D eigenvalue weighted by Crippen LogP contribution is -2.49. The summed E-state index contributed by atoms with van der Waals surface area (Å²) in [5.41, 5.74) is 0.475. The van der Waals surface area contributed by atoms with E-state index in [0.29, 0.717) is 6.61 Å². The maximum Gasteiger partial charge on any atom is 0.331 e. The highest BCUT2D eigenvalue weighted by Crippen LogP contribution is 2.32. The number of rotatable bonds is 4. The maximum absolute atomic E-state index is 12.2. The van der Waals surface area contributed by atoms with Crippen molar-refractivity contribution in [2.45, 2.75) is 44.6 Å². The third-order valence-electron chi connectivity index (χ3n) is 3.53. The lowest BCUT2D eigenvalue weighted by Gasteiger charge is -2.36. The summed E-state index contributed by atoms with van der Waals surface area (Å²) in [5.74, 6) is -0.103. The first-order chi connectivity index (χ1) is 8.77. The zero-order chi connectivity index (χ0) is 12.8. The highest BCUT2D eigenvalue weighted by Gasteiger charge is 2.40. The van der Waals surface area contributed by atoms with E-state index < -0.39 is 5.54 Å². The number of hydrogen-bond acceptors (Lipinski definition) is 3. The highest BCUT2D eigenvalue weighted by molar-refractivity contribution is 5.84. The third kappa shape index (κ3) is 2.84. The molecule has 0 amide bonds. The lowest BCUT2D eigenvalue weighted by atomic mass is 9.81. The molecule has 0 saturated heterocycles. The Kier molecular flexibility index (Phi) is 4.24. The van der Waals surface area contributed by atoms with Gasteiger partial charge in [-0.1, -0.05) is 37.5 Å². The van der Waals surface area contributed by atoms with Crippen LogP contribution in [0.5, 0.6) is 0 Å². The molecule has 1 aromatic carbocycles. The first-order valence-corrected chi connectivity index (χ1v) is 6.77. The standard InChI is InChI=1S/C15H21NO2/c1-2-18-14(17)15(11-7-4-8-12-15)16-13-9-5-3-6-10-13/h3,5-6,9-10,16H,2,4,7-8,11-12H2,1H3. The first-order valence-electron chi connectivity index (χ1n) is 6.77. The van der Waals surface area contributed by atoms with Crippen molar-refractivity contribution in [3.63, 3.8) is 0 Å². The fourth-order valence-electron chi connectivity index (χ4n) is 2.60. The molecule has 1 N–H and O–H groups in total. The normalized spacial score (nSPS) is 18.1. The summed E-state index contributed by atoms with van der Waals surface area (Å²) in [4.78, 5) is 12.2. The van der Waals surface area contributed by atoms with Gasteiger partial charge in [0.1, 0.15) is 5.54 Å². The van der Waals surface area contributed by atoms with E-state index in [9.17, 15) is 4.79 Å². The Hall–Kier alpha value is -1.51. The van der Waals surface area contributed by atoms with Crippen molar-refractivity contribution in [2.75, 3.05) is 11.9 Å². The molecule has 1 aliphatic carbocycles. The van der Waals surface area contributed by atoms with Crippen molar-refractivity contribution >= 4 is 11.7 Å². The number of para-hydroxylation sites is 1. The number of hydrogen-bond donors (Lipinski definition) is 1. The average Bonchev–Trinajstić information content (AvgIpc) is 2.41. The van der Waals surface area contributed by atoms with Gasteiger partial charge in [0.2, 0.25) is 0 Å². The van der Waals surface area contributed by atoms with Gasteiger partial charge in [-0.2, -0.15) is 0 Å². The van der Waals surface area contributed by atoms with E-state index in [1.165, 1.54) is 6.42 Å². The Labute approximate surface area is 109 Å². The fourth-order valence-corrected chi connectivity index (χ4v) is 2.60. The summed E-state index contributed by atoms with van der Waals surface area (Å²) in [6, 6.07) is 9.92. The van der Waals surface area contributed by atoms with E-state index in [-0.39, 0.29) is 5.97 Å². The van der Waals surface area contributed by atoms with Gasteiger partial charge in [0.15, 0.2) is 0 Å². The van der Waals surface area contributed by atoms with Crippen LogP contribution in [0.15, 0.2) is 30.3 Å². The van der Waals surface area contributed by atoms with Crippen molar-refractivity contribution in [2.24, 2.45) is 0 Å². The molecule has 18 heavy (non-hydrogen) atoms. The Morgan fingerprint density at radius 3 is 2.50 bits per heavy atom. The number of esters is 1. The smallest absolute Gasteiger partial charge is 0.331 e. The molecule has 0 radical (unpaired) electrons.